The number of nitrogens with zero attached hydrogens (tertiary/aromatic N) is 4. The quantitative estimate of drug-likeness (QED) is 0.845. The normalized spacial score (nSPS) is 17.5. The maximum atomic E-state index is 11.9. The molecule has 1 aliphatic rings. The van der Waals surface area contributed by atoms with Crippen LogP contribution in [0.5, 0.6) is 0 Å². The second kappa shape index (κ2) is 6.23. The van der Waals surface area contributed by atoms with E-state index in [2.05, 4.69) is 20.5 Å². The molecular weight excluding hydrogens is 296 g/mol. The average molecular weight is 316 g/mol. The Morgan fingerprint density at radius 2 is 2.17 bits per heavy atom. The highest BCUT2D eigenvalue weighted by atomic mass is 16.2. The first-order valence-corrected chi connectivity index (χ1v) is 7.73. The second-order valence-electron chi connectivity index (χ2n) is 5.68. The van der Waals surface area contributed by atoms with Crippen molar-refractivity contribution in [1.29, 1.82) is 0 Å². The molecule has 0 unspecified atom stereocenters. The maximum absolute atomic E-state index is 11.9. The number of H-pyrrole nitrogens is 1. The molecule has 1 aliphatic heterocycles. The summed E-state index contributed by atoms with van der Waals surface area (Å²) in [4.78, 5) is 28.6. The van der Waals surface area contributed by atoms with Crippen LogP contribution in [-0.2, 0) is 6.54 Å². The third kappa shape index (κ3) is 3.25. The molecular formula is C15H20N6O2. The Labute approximate surface area is 133 Å². The summed E-state index contributed by atoms with van der Waals surface area (Å²) in [6.45, 7) is 5.49. The predicted molar refractivity (Wildman–Crippen MR) is 88.0 cm³/mol. The van der Waals surface area contributed by atoms with Gasteiger partial charge in [-0.2, -0.15) is 5.10 Å². The molecule has 2 N–H and O–H groups in total. The van der Waals surface area contributed by atoms with Crippen molar-refractivity contribution < 1.29 is 0 Å². The molecule has 0 spiro atoms. The monoisotopic (exact) mass is 316 g/mol. The number of aromatic amines is 1. The SMILES string of the molecule is CCn1c(=O)cc(N2CC[C@@H](Nc3ccc(C)nn3)C2)[nH]c1=O. The van der Waals surface area contributed by atoms with Gasteiger partial charge in [0.1, 0.15) is 11.6 Å². The molecule has 0 aromatic carbocycles. The lowest BCUT2D eigenvalue weighted by Crippen LogP contribution is -2.37. The summed E-state index contributed by atoms with van der Waals surface area (Å²) in [5.41, 5.74) is 0.237. The van der Waals surface area contributed by atoms with Crippen molar-refractivity contribution in [3.63, 3.8) is 0 Å². The van der Waals surface area contributed by atoms with Crippen LogP contribution in [0.25, 0.3) is 0 Å². The third-order valence-electron chi connectivity index (χ3n) is 4.00. The van der Waals surface area contributed by atoms with E-state index in [1.54, 1.807) is 6.92 Å². The first-order valence-electron chi connectivity index (χ1n) is 7.73. The lowest BCUT2D eigenvalue weighted by molar-refractivity contribution is 0.669. The Morgan fingerprint density at radius 1 is 1.35 bits per heavy atom. The Bertz CT molecular complexity index is 764. The molecule has 2 aromatic heterocycles. The summed E-state index contributed by atoms with van der Waals surface area (Å²) in [5.74, 6) is 1.31. The van der Waals surface area contributed by atoms with Gasteiger partial charge in [-0.3, -0.25) is 14.3 Å². The van der Waals surface area contributed by atoms with E-state index < -0.39 is 0 Å². The molecule has 8 heteroatoms. The van der Waals surface area contributed by atoms with Crippen molar-refractivity contribution in [2.24, 2.45) is 0 Å². The Hall–Kier alpha value is -2.64. The highest BCUT2D eigenvalue weighted by Gasteiger charge is 2.24. The molecule has 2 aromatic rings. The summed E-state index contributed by atoms with van der Waals surface area (Å²) >= 11 is 0. The van der Waals surface area contributed by atoms with Crippen molar-refractivity contribution in [1.82, 2.24) is 19.7 Å². The second-order valence-corrected chi connectivity index (χ2v) is 5.68. The van der Waals surface area contributed by atoms with Crippen LogP contribution in [0.3, 0.4) is 0 Å². The number of hydrogen-bond acceptors (Lipinski definition) is 6. The van der Waals surface area contributed by atoms with Gasteiger partial charge in [-0.15, -0.1) is 5.10 Å². The standard InChI is InChI=1S/C15H20N6O2/c1-3-21-14(22)8-13(17-15(21)23)20-7-6-11(9-20)16-12-5-4-10(2)18-19-12/h4-5,8,11H,3,6-7,9H2,1-2H3,(H,16,19)(H,17,23)/t11-/m1/s1. The van der Waals surface area contributed by atoms with Crippen molar-refractivity contribution in [3.8, 4) is 0 Å². The fraction of sp³-hybridized carbons (Fsp3) is 0.467. The highest BCUT2D eigenvalue weighted by molar-refractivity contribution is 5.42. The van der Waals surface area contributed by atoms with Crippen molar-refractivity contribution >= 4 is 11.6 Å². The van der Waals surface area contributed by atoms with Gasteiger partial charge in [0.05, 0.1) is 5.69 Å². The van der Waals surface area contributed by atoms with E-state index in [0.717, 1.165) is 24.5 Å². The molecule has 0 radical (unpaired) electrons. The Morgan fingerprint density at radius 3 is 2.83 bits per heavy atom. The summed E-state index contributed by atoms with van der Waals surface area (Å²) in [6, 6.07) is 5.49. The van der Waals surface area contributed by atoms with Crippen molar-refractivity contribution in [2.75, 3.05) is 23.3 Å². The molecule has 1 atom stereocenters. The topological polar surface area (TPSA) is 95.9 Å². The van der Waals surface area contributed by atoms with Gasteiger partial charge in [-0.1, -0.05) is 0 Å². The van der Waals surface area contributed by atoms with Crippen LogP contribution in [0.2, 0.25) is 0 Å². The Balaban J connectivity index is 1.71. The van der Waals surface area contributed by atoms with Gasteiger partial charge in [0.15, 0.2) is 0 Å². The zero-order valence-corrected chi connectivity index (χ0v) is 13.2. The number of hydrogen-bond donors (Lipinski definition) is 2. The predicted octanol–water partition coefficient (Wildman–Crippen LogP) is 0.346. The van der Waals surface area contributed by atoms with Crippen molar-refractivity contribution in [3.05, 3.63) is 44.7 Å². The molecule has 0 bridgehead atoms. The maximum Gasteiger partial charge on any atom is 0.329 e. The summed E-state index contributed by atoms with van der Waals surface area (Å²) in [5, 5.41) is 11.5. The van der Waals surface area contributed by atoms with E-state index in [9.17, 15) is 9.59 Å². The fourth-order valence-electron chi connectivity index (χ4n) is 2.76. The minimum Gasteiger partial charge on any atom is -0.364 e. The molecule has 0 aliphatic carbocycles. The molecule has 1 fully saturated rings. The molecule has 1 saturated heterocycles. The number of aryl methyl sites for hydroxylation is 1. The summed E-state index contributed by atoms with van der Waals surface area (Å²) in [7, 11) is 0. The van der Waals surface area contributed by atoms with E-state index in [1.165, 1.54) is 10.6 Å². The van der Waals surface area contributed by atoms with E-state index in [1.807, 2.05) is 24.0 Å². The summed E-state index contributed by atoms with van der Waals surface area (Å²) < 4.78 is 1.18. The molecule has 0 amide bonds. The van der Waals surface area contributed by atoms with E-state index in [0.29, 0.717) is 18.9 Å². The van der Waals surface area contributed by atoms with Crippen LogP contribution in [0.4, 0.5) is 11.6 Å². The number of nitrogens with one attached hydrogen (secondary N) is 2. The van der Waals surface area contributed by atoms with Crippen LogP contribution in [0.1, 0.15) is 19.0 Å². The molecule has 3 rings (SSSR count). The van der Waals surface area contributed by atoms with Crippen LogP contribution < -0.4 is 21.5 Å². The highest BCUT2D eigenvalue weighted by Crippen LogP contribution is 2.18. The van der Waals surface area contributed by atoms with Crippen LogP contribution in [-0.4, -0.2) is 38.9 Å². The Kier molecular flexibility index (Phi) is 4.14. The zero-order chi connectivity index (χ0) is 16.4. The number of aromatic nitrogens is 4. The minimum absolute atomic E-state index is 0.198. The number of anilines is 2. The van der Waals surface area contributed by atoms with E-state index in [4.69, 9.17) is 0 Å². The van der Waals surface area contributed by atoms with Gasteiger partial charge < -0.3 is 10.2 Å². The summed E-state index contributed by atoms with van der Waals surface area (Å²) in [6.07, 6.45) is 0.897. The molecule has 122 valence electrons. The smallest absolute Gasteiger partial charge is 0.329 e. The lowest BCUT2D eigenvalue weighted by Gasteiger charge is -2.18. The zero-order valence-electron chi connectivity index (χ0n) is 13.2. The van der Waals surface area contributed by atoms with Gasteiger partial charge in [0.25, 0.3) is 5.56 Å². The average Bonchev–Trinajstić information content (AvgIpc) is 2.98. The van der Waals surface area contributed by atoms with Crippen LogP contribution >= 0.6 is 0 Å². The van der Waals surface area contributed by atoms with Crippen LogP contribution in [0, 0.1) is 6.92 Å². The van der Waals surface area contributed by atoms with E-state index >= 15 is 0 Å². The van der Waals surface area contributed by atoms with Gasteiger partial charge in [0, 0.05) is 31.7 Å². The van der Waals surface area contributed by atoms with Crippen LogP contribution in [0.15, 0.2) is 27.8 Å². The minimum atomic E-state index is -0.365. The molecule has 8 nitrogen and oxygen atoms in total. The molecule has 3 heterocycles. The van der Waals surface area contributed by atoms with Gasteiger partial charge in [-0.25, -0.2) is 4.79 Å². The van der Waals surface area contributed by atoms with E-state index in [-0.39, 0.29) is 17.3 Å². The largest absolute Gasteiger partial charge is 0.364 e. The molecule has 23 heavy (non-hydrogen) atoms. The van der Waals surface area contributed by atoms with Crippen molar-refractivity contribution in [2.45, 2.75) is 32.9 Å². The fourth-order valence-corrected chi connectivity index (χ4v) is 2.76. The third-order valence-corrected chi connectivity index (χ3v) is 4.00. The number of rotatable bonds is 4. The van der Waals surface area contributed by atoms with Gasteiger partial charge in [-0.05, 0) is 32.4 Å². The van der Waals surface area contributed by atoms with Gasteiger partial charge >= 0.3 is 5.69 Å². The van der Waals surface area contributed by atoms with Gasteiger partial charge in [0.2, 0.25) is 0 Å². The first-order chi connectivity index (χ1) is 11.1. The molecule has 0 saturated carbocycles. The lowest BCUT2D eigenvalue weighted by atomic mass is 10.2. The first kappa shape index (κ1) is 15.3.